The van der Waals surface area contributed by atoms with Crippen molar-refractivity contribution in [1.29, 1.82) is 0 Å². The van der Waals surface area contributed by atoms with E-state index in [1.165, 1.54) is 43.4 Å². The van der Waals surface area contributed by atoms with Crippen molar-refractivity contribution in [2.45, 2.75) is 71.5 Å². The Morgan fingerprint density at radius 2 is 1.76 bits per heavy atom. The summed E-state index contributed by atoms with van der Waals surface area (Å²) in [5.74, 6) is 0.0724. The first-order valence-electron chi connectivity index (χ1n) is 13.0. The minimum atomic E-state index is -4.21. The largest absolute Gasteiger partial charge is 0.451 e. The van der Waals surface area contributed by atoms with Crippen LogP contribution < -0.4 is 5.32 Å². The molecule has 0 spiro atoms. The molecule has 8 heteroatoms. The highest BCUT2D eigenvalue weighted by molar-refractivity contribution is 5.95. The maximum atomic E-state index is 14.3. The summed E-state index contributed by atoms with van der Waals surface area (Å²) in [6, 6.07) is 12.4. The van der Waals surface area contributed by atoms with Gasteiger partial charge in [-0.15, -0.1) is 0 Å². The summed E-state index contributed by atoms with van der Waals surface area (Å²) in [7, 11) is 0. The fraction of sp³-hybridized carbons (Fsp3) is 0.483. The molecular formula is C29H36F4N2O2. The smallest absolute Gasteiger partial charge is 0.416 e. The van der Waals surface area contributed by atoms with E-state index in [9.17, 15) is 22.4 Å². The first-order chi connectivity index (χ1) is 17.6. The zero-order chi connectivity index (χ0) is 27.0. The third-order valence-electron chi connectivity index (χ3n) is 6.64. The van der Waals surface area contributed by atoms with E-state index in [0.717, 1.165) is 36.0 Å². The van der Waals surface area contributed by atoms with E-state index in [4.69, 9.17) is 4.42 Å². The van der Waals surface area contributed by atoms with Crippen LogP contribution >= 0.6 is 0 Å². The van der Waals surface area contributed by atoms with Gasteiger partial charge in [-0.1, -0.05) is 67.8 Å². The first kappa shape index (κ1) is 28.7. The number of nitrogens with one attached hydrogen (secondary N) is 1. The fourth-order valence-electron chi connectivity index (χ4n) is 4.67. The highest BCUT2D eigenvalue weighted by Gasteiger charge is 2.30. The Balaban J connectivity index is 0.000000289. The number of halogens is 4. The lowest BCUT2D eigenvalue weighted by molar-refractivity contribution is -0.137. The number of furan rings is 1. The topological polar surface area (TPSA) is 45.5 Å². The van der Waals surface area contributed by atoms with Gasteiger partial charge in [-0.3, -0.25) is 4.79 Å². The second-order valence-electron chi connectivity index (χ2n) is 9.76. The van der Waals surface area contributed by atoms with Crippen molar-refractivity contribution in [3.63, 3.8) is 0 Å². The molecule has 0 saturated carbocycles. The van der Waals surface area contributed by atoms with Crippen LogP contribution in [0.2, 0.25) is 0 Å². The van der Waals surface area contributed by atoms with E-state index in [2.05, 4.69) is 31.3 Å². The Bertz CT molecular complexity index is 1130. The molecule has 1 aromatic heterocycles. The number of rotatable bonds is 8. The molecule has 1 atom stereocenters. The van der Waals surface area contributed by atoms with E-state index in [-0.39, 0.29) is 5.76 Å². The molecule has 1 aliphatic rings. The molecule has 2 heterocycles. The summed E-state index contributed by atoms with van der Waals surface area (Å²) in [5.41, 5.74) is 2.12. The molecule has 3 aromatic rings. The Kier molecular flexibility index (Phi) is 10.1. The number of benzene rings is 2. The number of alkyl halides is 3. The summed E-state index contributed by atoms with van der Waals surface area (Å²) in [6.45, 7) is 7.42. The third kappa shape index (κ3) is 8.06. The number of hydrogen-bond acceptors (Lipinski definition) is 3. The number of aryl methyl sites for hydroxylation is 1. The van der Waals surface area contributed by atoms with Crippen molar-refractivity contribution in [2.75, 3.05) is 13.1 Å². The second-order valence-corrected chi connectivity index (χ2v) is 9.76. The molecule has 37 heavy (non-hydrogen) atoms. The van der Waals surface area contributed by atoms with Crippen molar-refractivity contribution in [2.24, 2.45) is 5.92 Å². The molecule has 1 fully saturated rings. The number of carbonyl (C=O) groups is 1. The summed E-state index contributed by atoms with van der Waals surface area (Å²) in [4.78, 5) is 12.4. The minimum absolute atomic E-state index is 0.0743. The van der Waals surface area contributed by atoms with Gasteiger partial charge in [0.05, 0.1) is 11.6 Å². The maximum Gasteiger partial charge on any atom is 0.416 e. The first-order valence-corrected chi connectivity index (χ1v) is 13.0. The monoisotopic (exact) mass is 520 g/mol. The minimum Gasteiger partial charge on any atom is -0.451 e. The van der Waals surface area contributed by atoms with Gasteiger partial charge in [-0.2, -0.15) is 18.3 Å². The zero-order valence-corrected chi connectivity index (χ0v) is 21.7. The molecule has 4 nitrogen and oxygen atoms in total. The van der Waals surface area contributed by atoms with Crippen molar-refractivity contribution < 1.29 is 26.9 Å². The average molecular weight is 521 g/mol. The molecule has 0 radical (unpaired) electrons. The molecule has 1 N–H and O–H groups in total. The summed E-state index contributed by atoms with van der Waals surface area (Å²) >= 11 is 0. The average Bonchev–Trinajstić information content (AvgIpc) is 3.54. The van der Waals surface area contributed by atoms with Crippen LogP contribution in [0.1, 0.15) is 73.2 Å². The lowest BCUT2D eigenvalue weighted by atomic mass is 9.91. The number of amides is 1. The summed E-state index contributed by atoms with van der Waals surface area (Å²) in [6.07, 6.45) is 2.30. The van der Waals surface area contributed by atoms with Crippen LogP contribution in [0.25, 0.3) is 11.0 Å². The van der Waals surface area contributed by atoms with Crippen LogP contribution in [0.4, 0.5) is 17.7 Å². The summed E-state index contributed by atoms with van der Waals surface area (Å²) in [5, 5.41) is 4.26. The van der Waals surface area contributed by atoms with Crippen LogP contribution in [0.5, 0.6) is 0 Å². The Labute approximate surface area is 216 Å². The lowest BCUT2D eigenvalue weighted by Crippen LogP contribution is -2.35. The van der Waals surface area contributed by atoms with E-state index in [0.29, 0.717) is 29.6 Å². The molecule has 202 valence electrons. The van der Waals surface area contributed by atoms with Crippen LogP contribution in [0, 0.1) is 12.8 Å². The molecule has 1 aliphatic heterocycles. The van der Waals surface area contributed by atoms with E-state index in [1.54, 1.807) is 13.0 Å². The number of fused-ring (bicyclic) bond motifs is 1. The molecule has 0 unspecified atom stereocenters. The number of carbonyl (C=O) groups excluding carboxylic acids is 1. The number of hydrogen-bond donors (Lipinski definition) is 1. The van der Waals surface area contributed by atoms with E-state index < -0.39 is 23.7 Å². The van der Waals surface area contributed by atoms with Crippen molar-refractivity contribution >= 4 is 16.9 Å². The van der Waals surface area contributed by atoms with Crippen molar-refractivity contribution in [1.82, 2.24) is 10.4 Å². The predicted octanol–water partition coefficient (Wildman–Crippen LogP) is 7.89. The van der Waals surface area contributed by atoms with Crippen molar-refractivity contribution in [3.8, 4) is 0 Å². The van der Waals surface area contributed by atoms with Gasteiger partial charge in [0.2, 0.25) is 0 Å². The number of nitrogens with zero attached hydrogens (tertiary/aromatic N) is 1. The van der Waals surface area contributed by atoms with Gasteiger partial charge in [-0.05, 0) is 68.1 Å². The normalized spacial score (nSPS) is 15.6. The molecule has 0 bridgehead atoms. The molecule has 0 aliphatic carbocycles. The molecule has 2 aromatic carbocycles. The van der Waals surface area contributed by atoms with Gasteiger partial charge in [0.15, 0.2) is 5.76 Å². The fourth-order valence-corrected chi connectivity index (χ4v) is 4.67. The Hall–Kier alpha value is -2.87. The van der Waals surface area contributed by atoms with Crippen LogP contribution in [0.3, 0.4) is 0 Å². The van der Waals surface area contributed by atoms with Crippen molar-refractivity contribution in [3.05, 3.63) is 71.0 Å². The van der Waals surface area contributed by atoms with Gasteiger partial charge in [0.1, 0.15) is 5.58 Å². The highest BCUT2D eigenvalue weighted by Crippen LogP contribution is 2.29. The van der Waals surface area contributed by atoms with Crippen LogP contribution in [-0.2, 0) is 12.6 Å². The van der Waals surface area contributed by atoms with Crippen LogP contribution in [-0.4, -0.2) is 30.2 Å². The molecule has 1 saturated heterocycles. The second kappa shape index (κ2) is 13.1. The lowest BCUT2D eigenvalue weighted by Gasteiger charge is -2.16. The highest BCUT2D eigenvalue weighted by atomic mass is 19.4. The van der Waals surface area contributed by atoms with Gasteiger partial charge < -0.3 is 9.73 Å². The zero-order valence-electron chi connectivity index (χ0n) is 21.7. The van der Waals surface area contributed by atoms with E-state index in [1.807, 2.05) is 6.07 Å². The Morgan fingerprint density at radius 1 is 1.08 bits per heavy atom. The molecule has 4 rings (SSSR count). The van der Waals surface area contributed by atoms with Crippen LogP contribution in [0.15, 0.2) is 52.9 Å². The quantitative estimate of drug-likeness (QED) is 0.243. The summed E-state index contributed by atoms with van der Waals surface area (Å²) < 4.78 is 55.7. The third-order valence-corrected chi connectivity index (χ3v) is 6.64. The predicted molar refractivity (Wildman–Crippen MR) is 138 cm³/mol. The maximum absolute atomic E-state index is 14.3. The molecular weight excluding hydrogens is 484 g/mol. The van der Waals surface area contributed by atoms with Gasteiger partial charge in [0, 0.05) is 11.9 Å². The van der Waals surface area contributed by atoms with Gasteiger partial charge >= 0.3 is 12.1 Å². The standard InChI is InChI=1S/C21H29FN2O2.C8H7F3/c1-3-5-15(6-4-2)11-16-7-8-19-17(12-16)13-20(26-19)21(25)24(22)18-9-10-23-14-18;1-6-2-4-7(5-3-6)8(9,10)11/h7-8,12-13,15,18,23H,3-6,9-11,14H2,1-2H3;2-5H,1H3/t18-;/m1./s1. The van der Waals surface area contributed by atoms with Gasteiger partial charge in [0.25, 0.3) is 0 Å². The molecule has 1 amide bonds. The SMILES string of the molecule is CCCC(CCC)Cc1ccc2oc(C(=O)N(F)[C@@H]3CCNC3)cc2c1.Cc1ccc(C(F)(F)F)cc1. The Morgan fingerprint density at radius 3 is 2.32 bits per heavy atom. The van der Waals surface area contributed by atoms with E-state index >= 15 is 0 Å². The van der Waals surface area contributed by atoms with Gasteiger partial charge in [-0.25, -0.2) is 0 Å².